The van der Waals surface area contributed by atoms with Gasteiger partial charge in [0, 0.05) is 6.04 Å². The summed E-state index contributed by atoms with van der Waals surface area (Å²) in [5.41, 5.74) is 1.70. The molecule has 1 atom stereocenters. The molecule has 2 aromatic carbocycles. The van der Waals surface area contributed by atoms with Crippen LogP contribution in [0.5, 0.6) is 5.75 Å². The number of para-hydroxylation sites is 1. The molecular weight excluding hydrogens is 324 g/mol. The number of hydrogen-bond donors (Lipinski definition) is 2. The molecule has 0 aromatic heterocycles. The van der Waals surface area contributed by atoms with Gasteiger partial charge in [-0.05, 0) is 43.5 Å². The molecule has 0 heterocycles. The first-order valence-corrected chi connectivity index (χ1v) is 9.50. The van der Waals surface area contributed by atoms with E-state index in [0.717, 1.165) is 18.5 Å². The summed E-state index contributed by atoms with van der Waals surface area (Å²) in [7, 11) is 1.59. The van der Waals surface area contributed by atoms with E-state index < -0.39 is 0 Å². The highest BCUT2D eigenvalue weighted by atomic mass is 16.5. The van der Waals surface area contributed by atoms with Crippen molar-refractivity contribution < 1.29 is 9.53 Å². The number of amides is 1. The van der Waals surface area contributed by atoms with Gasteiger partial charge in [-0.3, -0.25) is 4.79 Å². The SMILES string of the molecule is COc1ccccc1C(=O)NC(CCNC1CCCC1)c1ccccc1. The van der Waals surface area contributed by atoms with Crippen LogP contribution in [0.4, 0.5) is 0 Å². The highest BCUT2D eigenvalue weighted by molar-refractivity contribution is 5.97. The molecule has 26 heavy (non-hydrogen) atoms. The second-order valence-electron chi connectivity index (χ2n) is 6.86. The van der Waals surface area contributed by atoms with Crippen molar-refractivity contribution in [3.05, 3.63) is 65.7 Å². The summed E-state index contributed by atoms with van der Waals surface area (Å²) in [5.74, 6) is 0.498. The number of carbonyl (C=O) groups excluding carboxylic acids is 1. The summed E-state index contributed by atoms with van der Waals surface area (Å²) >= 11 is 0. The van der Waals surface area contributed by atoms with Gasteiger partial charge in [0.2, 0.25) is 0 Å². The first kappa shape index (κ1) is 18.5. The Bertz CT molecular complexity index is 696. The van der Waals surface area contributed by atoms with Crippen molar-refractivity contribution in [1.29, 1.82) is 0 Å². The highest BCUT2D eigenvalue weighted by Gasteiger charge is 2.19. The lowest BCUT2D eigenvalue weighted by Gasteiger charge is -2.21. The molecule has 1 amide bonds. The van der Waals surface area contributed by atoms with E-state index in [4.69, 9.17) is 4.74 Å². The van der Waals surface area contributed by atoms with Crippen molar-refractivity contribution in [2.24, 2.45) is 0 Å². The Morgan fingerprint density at radius 3 is 2.50 bits per heavy atom. The second-order valence-corrected chi connectivity index (χ2v) is 6.86. The number of ether oxygens (including phenoxy) is 1. The van der Waals surface area contributed by atoms with Crippen LogP contribution >= 0.6 is 0 Å². The topological polar surface area (TPSA) is 50.4 Å². The number of carbonyl (C=O) groups is 1. The van der Waals surface area contributed by atoms with E-state index in [-0.39, 0.29) is 11.9 Å². The number of rotatable bonds is 8. The molecule has 1 saturated carbocycles. The van der Waals surface area contributed by atoms with Gasteiger partial charge in [0.15, 0.2) is 0 Å². The van der Waals surface area contributed by atoms with E-state index in [0.29, 0.717) is 17.4 Å². The van der Waals surface area contributed by atoms with Crippen LogP contribution in [-0.2, 0) is 0 Å². The van der Waals surface area contributed by atoms with E-state index in [1.165, 1.54) is 25.7 Å². The third-order valence-corrected chi connectivity index (χ3v) is 5.08. The average Bonchev–Trinajstić information content (AvgIpc) is 3.21. The number of methoxy groups -OCH3 is 1. The van der Waals surface area contributed by atoms with Crippen molar-refractivity contribution in [2.45, 2.75) is 44.2 Å². The molecule has 1 unspecified atom stereocenters. The quantitative estimate of drug-likeness (QED) is 0.752. The van der Waals surface area contributed by atoms with Crippen molar-refractivity contribution in [2.75, 3.05) is 13.7 Å². The molecule has 3 rings (SSSR count). The van der Waals surface area contributed by atoms with Crippen molar-refractivity contribution >= 4 is 5.91 Å². The predicted molar refractivity (Wildman–Crippen MR) is 105 cm³/mol. The molecule has 1 fully saturated rings. The maximum atomic E-state index is 12.8. The van der Waals surface area contributed by atoms with E-state index in [1.54, 1.807) is 13.2 Å². The van der Waals surface area contributed by atoms with Crippen LogP contribution in [0.25, 0.3) is 0 Å². The summed E-state index contributed by atoms with van der Waals surface area (Å²) in [5, 5.41) is 6.83. The minimum atomic E-state index is -0.0998. The Hall–Kier alpha value is -2.33. The third-order valence-electron chi connectivity index (χ3n) is 5.08. The van der Waals surface area contributed by atoms with Crippen molar-refractivity contribution in [1.82, 2.24) is 10.6 Å². The van der Waals surface area contributed by atoms with Gasteiger partial charge in [-0.15, -0.1) is 0 Å². The molecule has 2 aromatic rings. The maximum absolute atomic E-state index is 12.8. The van der Waals surface area contributed by atoms with Crippen LogP contribution in [0, 0.1) is 0 Å². The van der Waals surface area contributed by atoms with Gasteiger partial charge in [-0.1, -0.05) is 55.3 Å². The Morgan fingerprint density at radius 1 is 1.08 bits per heavy atom. The number of hydrogen-bond acceptors (Lipinski definition) is 3. The standard InChI is InChI=1S/C22H28N2O2/c1-26-21-14-8-7-13-19(21)22(25)24-20(17-9-3-2-4-10-17)15-16-23-18-11-5-6-12-18/h2-4,7-10,13-14,18,20,23H,5-6,11-12,15-16H2,1H3,(H,24,25). The van der Waals surface area contributed by atoms with Crippen LogP contribution in [0.3, 0.4) is 0 Å². The lowest BCUT2D eigenvalue weighted by Crippen LogP contribution is -2.33. The van der Waals surface area contributed by atoms with Gasteiger partial charge in [0.05, 0.1) is 18.7 Å². The fourth-order valence-electron chi connectivity index (χ4n) is 3.64. The fourth-order valence-corrected chi connectivity index (χ4v) is 3.64. The molecule has 2 N–H and O–H groups in total. The maximum Gasteiger partial charge on any atom is 0.255 e. The monoisotopic (exact) mass is 352 g/mol. The Labute approximate surface area is 156 Å². The van der Waals surface area contributed by atoms with Gasteiger partial charge >= 0.3 is 0 Å². The molecule has 0 spiro atoms. The zero-order valence-corrected chi connectivity index (χ0v) is 15.4. The summed E-state index contributed by atoms with van der Waals surface area (Å²) in [4.78, 5) is 12.8. The highest BCUT2D eigenvalue weighted by Crippen LogP contribution is 2.22. The Balaban J connectivity index is 1.67. The van der Waals surface area contributed by atoms with Crippen LogP contribution in [-0.4, -0.2) is 25.6 Å². The largest absolute Gasteiger partial charge is 0.496 e. The molecule has 1 aliphatic carbocycles. The summed E-state index contributed by atoms with van der Waals surface area (Å²) in [6, 6.07) is 18.1. The second kappa shape index (κ2) is 9.39. The van der Waals surface area contributed by atoms with E-state index >= 15 is 0 Å². The van der Waals surface area contributed by atoms with E-state index in [9.17, 15) is 4.79 Å². The summed E-state index contributed by atoms with van der Waals surface area (Å²) < 4.78 is 5.33. The summed E-state index contributed by atoms with van der Waals surface area (Å²) in [6.45, 7) is 0.899. The average molecular weight is 352 g/mol. The predicted octanol–water partition coefficient (Wildman–Crippen LogP) is 4.09. The lowest BCUT2D eigenvalue weighted by molar-refractivity contribution is 0.0931. The molecule has 138 valence electrons. The van der Waals surface area contributed by atoms with Gasteiger partial charge < -0.3 is 15.4 Å². The van der Waals surface area contributed by atoms with Crippen LogP contribution in [0.2, 0.25) is 0 Å². The zero-order chi connectivity index (χ0) is 18.2. The summed E-state index contributed by atoms with van der Waals surface area (Å²) in [6.07, 6.45) is 6.04. The first-order valence-electron chi connectivity index (χ1n) is 9.50. The molecule has 0 bridgehead atoms. The number of benzene rings is 2. The van der Waals surface area contributed by atoms with Gasteiger partial charge in [-0.2, -0.15) is 0 Å². The van der Waals surface area contributed by atoms with Gasteiger partial charge in [0.1, 0.15) is 5.75 Å². The Morgan fingerprint density at radius 2 is 1.77 bits per heavy atom. The smallest absolute Gasteiger partial charge is 0.255 e. The lowest BCUT2D eigenvalue weighted by atomic mass is 10.0. The zero-order valence-electron chi connectivity index (χ0n) is 15.4. The van der Waals surface area contributed by atoms with Gasteiger partial charge in [-0.25, -0.2) is 0 Å². The van der Waals surface area contributed by atoms with E-state index in [1.807, 2.05) is 36.4 Å². The minimum absolute atomic E-state index is 0.0254. The van der Waals surface area contributed by atoms with Crippen LogP contribution in [0.15, 0.2) is 54.6 Å². The molecule has 0 radical (unpaired) electrons. The normalized spacial score (nSPS) is 15.6. The van der Waals surface area contributed by atoms with Crippen molar-refractivity contribution in [3.8, 4) is 5.75 Å². The molecular formula is C22H28N2O2. The van der Waals surface area contributed by atoms with Crippen LogP contribution < -0.4 is 15.4 Å². The third kappa shape index (κ3) is 4.85. The van der Waals surface area contributed by atoms with E-state index in [2.05, 4.69) is 22.8 Å². The first-order chi connectivity index (χ1) is 12.8. The number of nitrogens with one attached hydrogen (secondary N) is 2. The molecule has 4 heteroatoms. The molecule has 0 saturated heterocycles. The molecule has 1 aliphatic rings. The van der Waals surface area contributed by atoms with Crippen LogP contribution in [0.1, 0.15) is 54.1 Å². The molecule has 0 aliphatic heterocycles. The Kier molecular flexibility index (Phi) is 6.67. The minimum Gasteiger partial charge on any atom is -0.496 e. The molecule has 4 nitrogen and oxygen atoms in total. The van der Waals surface area contributed by atoms with Gasteiger partial charge in [0.25, 0.3) is 5.91 Å². The van der Waals surface area contributed by atoms with Crippen molar-refractivity contribution in [3.63, 3.8) is 0 Å². The fraction of sp³-hybridized carbons (Fsp3) is 0.409.